The molecule has 0 radical (unpaired) electrons. The Morgan fingerprint density at radius 1 is 1.09 bits per heavy atom. The average Bonchev–Trinajstić information content (AvgIpc) is 3.23. The highest BCUT2D eigenvalue weighted by Gasteiger charge is 2.69. The van der Waals surface area contributed by atoms with Gasteiger partial charge in [0.15, 0.2) is 0 Å². The zero-order valence-corrected chi connectivity index (χ0v) is 20.2. The first-order valence-electron chi connectivity index (χ1n) is 12.7. The molecule has 32 heavy (non-hydrogen) atoms. The minimum atomic E-state index is -0.933. The fourth-order valence-corrected chi connectivity index (χ4v) is 8.93. The van der Waals surface area contributed by atoms with Crippen molar-refractivity contribution >= 4 is 10.9 Å². The van der Waals surface area contributed by atoms with Gasteiger partial charge in [0, 0.05) is 33.8 Å². The molecular formula is C28H39NO3. The maximum absolute atomic E-state index is 11.6. The van der Waals surface area contributed by atoms with Crippen LogP contribution in [0.5, 0.6) is 0 Å². The van der Waals surface area contributed by atoms with Gasteiger partial charge in [0.05, 0.1) is 23.9 Å². The van der Waals surface area contributed by atoms with E-state index >= 15 is 0 Å². The van der Waals surface area contributed by atoms with E-state index < -0.39 is 11.7 Å². The van der Waals surface area contributed by atoms with Crippen molar-refractivity contribution in [3.8, 4) is 0 Å². The van der Waals surface area contributed by atoms with Gasteiger partial charge in [-0.3, -0.25) is 0 Å². The third kappa shape index (κ3) is 2.39. The van der Waals surface area contributed by atoms with E-state index in [-0.39, 0.29) is 28.5 Å². The third-order valence-electron chi connectivity index (χ3n) is 11.0. The van der Waals surface area contributed by atoms with E-state index in [9.17, 15) is 10.2 Å². The average molecular weight is 438 g/mol. The van der Waals surface area contributed by atoms with Gasteiger partial charge in [0.25, 0.3) is 0 Å². The van der Waals surface area contributed by atoms with Crippen molar-refractivity contribution in [1.29, 1.82) is 0 Å². The molecule has 6 rings (SSSR count). The number of hydrogen-bond acceptors (Lipinski definition) is 3. The van der Waals surface area contributed by atoms with Crippen LogP contribution >= 0.6 is 0 Å². The molecule has 8 atom stereocenters. The Morgan fingerprint density at radius 2 is 1.84 bits per heavy atom. The molecule has 2 aromatic rings. The van der Waals surface area contributed by atoms with E-state index in [1.165, 1.54) is 28.6 Å². The van der Waals surface area contributed by atoms with Crippen LogP contribution in [0.15, 0.2) is 24.3 Å². The molecule has 3 aliphatic carbocycles. The number of rotatable bonds is 1. The minimum absolute atomic E-state index is 0.00416. The first-order valence-corrected chi connectivity index (χ1v) is 12.7. The van der Waals surface area contributed by atoms with Crippen molar-refractivity contribution in [3.63, 3.8) is 0 Å². The van der Waals surface area contributed by atoms with Crippen molar-refractivity contribution in [2.24, 2.45) is 22.7 Å². The summed E-state index contributed by atoms with van der Waals surface area (Å²) in [6.45, 7) is 10.9. The molecule has 1 aromatic carbocycles. The highest BCUT2D eigenvalue weighted by atomic mass is 16.5. The summed E-state index contributed by atoms with van der Waals surface area (Å²) in [6.07, 6.45) is 5.33. The predicted molar refractivity (Wildman–Crippen MR) is 127 cm³/mol. The molecule has 4 aliphatic rings. The SMILES string of the molecule is CC(C)(O)C1C[C@@H](O)[C@]2(C)[C@H](CC[C@@]3(C)[C@H]2CC[C@H]2Cc4c([nH]c5ccccc45)[C@@]23C)O1. The minimum Gasteiger partial charge on any atom is -0.392 e. The lowest BCUT2D eigenvalue weighted by molar-refractivity contribution is -0.280. The summed E-state index contributed by atoms with van der Waals surface area (Å²) in [7, 11) is 0. The van der Waals surface area contributed by atoms with Crippen LogP contribution in [0, 0.1) is 22.7 Å². The summed E-state index contributed by atoms with van der Waals surface area (Å²) in [5.41, 5.74) is 3.21. The summed E-state index contributed by atoms with van der Waals surface area (Å²) in [6, 6.07) is 8.77. The van der Waals surface area contributed by atoms with Gasteiger partial charge in [0.1, 0.15) is 0 Å². The number of ether oxygens (including phenoxy) is 1. The number of para-hydroxylation sites is 1. The number of fused-ring (bicyclic) bond motifs is 9. The fraction of sp³-hybridized carbons (Fsp3) is 0.714. The number of benzene rings is 1. The second-order valence-electron chi connectivity index (χ2n) is 12.6. The van der Waals surface area contributed by atoms with E-state index in [1.807, 2.05) is 13.8 Å². The summed E-state index contributed by atoms with van der Waals surface area (Å²) >= 11 is 0. The zero-order chi connectivity index (χ0) is 22.7. The summed E-state index contributed by atoms with van der Waals surface area (Å²) in [5.74, 6) is 1.05. The van der Waals surface area contributed by atoms with Gasteiger partial charge < -0.3 is 19.9 Å². The molecule has 0 spiro atoms. The number of aliphatic hydroxyl groups excluding tert-OH is 1. The highest BCUT2D eigenvalue weighted by Crippen LogP contribution is 2.71. The fourth-order valence-electron chi connectivity index (χ4n) is 8.93. The molecule has 174 valence electrons. The second kappa shape index (κ2) is 6.40. The lowest BCUT2D eigenvalue weighted by atomic mass is 9.39. The van der Waals surface area contributed by atoms with Crippen LogP contribution in [-0.2, 0) is 16.6 Å². The molecule has 4 heteroatoms. The topological polar surface area (TPSA) is 65.5 Å². The molecule has 1 unspecified atom stereocenters. The smallest absolute Gasteiger partial charge is 0.0885 e. The molecule has 1 saturated heterocycles. The number of aliphatic hydroxyl groups is 2. The Hall–Kier alpha value is -1.36. The molecule has 0 amide bonds. The Kier molecular flexibility index (Phi) is 4.24. The maximum Gasteiger partial charge on any atom is 0.0885 e. The molecule has 1 aliphatic heterocycles. The van der Waals surface area contributed by atoms with Crippen LogP contribution in [0.2, 0.25) is 0 Å². The van der Waals surface area contributed by atoms with Crippen LogP contribution < -0.4 is 0 Å². The first-order chi connectivity index (χ1) is 15.0. The van der Waals surface area contributed by atoms with Crippen molar-refractivity contribution < 1.29 is 14.9 Å². The van der Waals surface area contributed by atoms with E-state index in [2.05, 4.69) is 50.0 Å². The molecule has 3 N–H and O–H groups in total. The van der Waals surface area contributed by atoms with Gasteiger partial charge in [-0.2, -0.15) is 0 Å². The zero-order valence-electron chi connectivity index (χ0n) is 20.2. The summed E-state index contributed by atoms with van der Waals surface area (Å²) in [5, 5.41) is 23.6. The van der Waals surface area contributed by atoms with Crippen LogP contribution in [0.1, 0.15) is 78.0 Å². The van der Waals surface area contributed by atoms with Crippen LogP contribution in [-0.4, -0.2) is 39.1 Å². The Balaban J connectivity index is 1.44. The second-order valence-corrected chi connectivity index (χ2v) is 12.6. The number of hydrogen-bond donors (Lipinski definition) is 3. The third-order valence-corrected chi connectivity index (χ3v) is 11.0. The van der Waals surface area contributed by atoms with Crippen molar-refractivity contribution in [2.75, 3.05) is 0 Å². The van der Waals surface area contributed by atoms with E-state index in [0.717, 1.165) is 25.7 Å². The van der Waals surface area contributed by atoms with E-state index in [0.29, 0.717) is 18.3 Å². The van der Waals surface area contributed by atoms with Crippen molar-refractivity contribution in [1.82, 2.24) is 4.98 Å². The van der Waals surface area contributed by atoms with Crippen molar-refractivity contribution in [3.05, 3.63) is 35.5 Å². The molecular weight excluding hydrogens is 398 g/mol. The van der Waals surface area contributed by atoms with Crippen LogP contribution in [0.3, 0.4) is 0 Å². The van der Waals surface area contributed by atoms with Crippen LogP contribution in [0.4, 0.5) is 0 Å². The Bertz CT molecular complexity index is 1070. The molecule has 4 nitrogen and oxygen atoms in total. The molecule has 0 bridgehead atoms. The number of aromatic nitrogens is 1. The van der Waals surface area contributed by atoms with Gasteiger partial charge in [0.2, 0.25) is 0 Å². The van der Waals surface area contributed by atoms with Crippen LogP contribution in [0.25, 0.3) is 10.9 Å². The largest absolute Gasteiger partial charge is 0.392 e. The number of aromatic amines is 1. The normalized spacial score (nSPS) is 45.8. The molecule has 2 heterocycles. The Morgan fingerprint density at radius 3 is 2.59 bits per heavy atom. The van der Waals surface area contributed by atoms with Gasteiger partial charge in [-0.05, 0) is 74.8 Å². The highest BCUT2D eigenvalue weighted by molar-refractivity contribution is 5.86. The quantitative estimate of drug-likeness (QED) is 0.581. The van der Waals surface area contributed by atoms with Gasteiger partial charge in [-0.25, -0.2) is 0 Å². The molecule has 1 aromatic heterocycles. The molecule has 2 saturated carbocycles. The molecule has 3 fully saturated rings. The van der Waals surface area contributed by atoms with E-state index in [4.69, 9.17) is 4.74 Å². The maximum atomic E-state index is 11.6. The standard InChI is InChI=1S/C28H39NO3/c1-25(2,31)23-15-21(30)27(4)20-11-10-16-14-18-17-8-6-7-9-19(17)29-24(18)28(16,5)26(20,3)13-12-22(27)32-23/h6-9,16,20-23,29-31H,10-15H2,1-5H3/t16-,20+,21+,22-,23?,26-,27+,28+/m0/s1. The summed E-state index contributed by atoms with van der Waals surface area (Å²) < 4.78 is 6.57. The monoisotopic (exact) mass is 437 g/mol. The number of nitrogens with one attached hydrogen (secondary N) is 1. The Labute approximate surface area is 191 Å². The van der Waals surface area contributed by atoms with Crippen molar-refractivity contribution in [2.45, 2.75) is 102 Å². The van der Waals surface area contributed by atoms with Gasteiger partial charge in [-0.15, -0.1) is 0 Å². The lowest BCUT2D eigenvalue weighted by Gasteiger charge is -2.67. The van der Waals surface area contributed by atoms with Gasteiger partial charge >= 0.3 is 0 Å². The first kappa shape index (κ1) is 21.2. The predicted octanol–water partition coefficient (Wildman–Crippen LogP) is 5.10. The lowest BCUT2D eigenvalue weighted by Crippen LogP contribution is -2.68. The summed E-state index contributed by atoms with van der Waals surface area (Å²) in [4.78, 5) is 3.87. The van der Waals surface area contributed by atoms with E-state index in [1.54, 1.807) is 0 Å². The number of H-pyrrole nitrogens is 1. The van der Waals surface area contributed by atoms with Gasteiger partial charge in [-0.1, -0.05) is 39.0 Å².